The molecular weight excluding hydrogens is 238 g/mol. The van der Waals surface area contributed by atoms with E-state index in [9.17, 15) is 4.79 Å². The van der Waals surface area contributed by atoms with Gasteiger partial charge in [0.05, 0.1) is 0 Å². The Hall–Kier alpha value is -1.51. The molecule has 1 aromatic rings. The summed E-state index contributed by atoms with van der Waals surface area (Å²) in [6.07, 6.45) is 7.40. The van der Waals surface area contributed by atoms with Gasteiger partial charge in [-0.05, 0) is 31.4 Å². The molecule has 19 heavy (non-hydrogen) atoms. The summed E-state index contributed by atoms with van der Waals surface area (Å²) in [4.78, 5) is 13.1. The normalized spacial score (nSPS) is 16.2. The van der Waals surface area contributed by atoms with Crippen LogP contribution in [0.25, 0.3) is 0 Å². The third kappa shape index (κ3) is 4.27. The molecular formula is C16H23NO2. The molecule has 0 saturated heterocycles. The summed E-state index contributed by atoms with van der Waals surface area (Å²) in [5, 5.41) is 8.79. The Morgan fingerprint density at radius 3 is 2.47 bits per heavy atom. The summed E-state index contributed by atoms with van der Waals surface area (Å²) >= 11 is 0. The fraction of sp³-hybridized carbons (Fsp3) is 0.562. The van der Waals surface area contributed by atoms with Crippen molar-refractivity contribution in [2.75, 3.05) is 11.4 Å². The third-order valence-electron chi connectivity index (χ3n) is 3.89. The molecule has 0 unspecified atom stereocenters. The maximum Gasteiger partial charge on any atom is 0.303 e. The van der Waals surface area contributed by atoms with E-state index in [0.717, 1.165) is 13.0 Å². The van der Waals surface area contributed by atoms with Gasteiger partial charge in [0.15, 0.2) is 0 Å². The van der Waals surface area contributed by atoms with E-state index in [1.807, 2.05) is 6.07 Å². The topological polar surface area (TPSA) is 40.5 Å². The Kier molecular flexibility index (Phi) is 5.25. The van der Waals surface area contributed by atoms with Gasteiger partial charge in [0.2, 0.25) is 0 Å². The lowest BCUT2D eigenvalue weighted by Crippen LogP contribution is -2.37. The van der Waals surface area contributed by atoms with E-state index in [-0.39, 0.29) is 6.42 Å². The zero-order chi connectivity index (χ0) is 13.5. The van der Waals surface area contributed by atoms with Crippen LogP contribution in [-0.2, 0) is 4.79 Å². The number of para-hydroxylation sites is 1. The lowest BCUT2D eigenvalue weighted by atomic mass is 9.93. The fourth-order valence-corrected chi connectivity index (χ4v) is 2.94. The first-order valence-corrected chi connectivity index (χ1v) is 7.31. The second kappa shape index (κ2) is 7.17. The van der Waals surface area contributed by atoms with Crippen LogP contribution in [0.1, 0.15) is 44.9 Å². The van der Waals surface area contributed by atoms with Crippen molar-refractivity contribution >= 4 is 11.7 Å². The van der Waals surface area contributed by atoms with Gasteiger partial charge in [-0.25, -0.2) is 0 Å². The molecule has 3 nitrogen and oxygen atoms in total. The molecule has 1 saturated carbocycles. The zero-order valence-corrected chi connectivity index (χ0v) is 11.4. The van der Waals surface area contributed by atoms with Crippen LogP contribution < -0.4 is 4.90 Å². The predicted molar refractivity (Wildman–Crippen MR) is 77.5 cm³/mol. The van der Waals surface area contributed by atoms with E-state index >= 15 is 0 Å². The standard InChI is InChI=1S/C16H23NO2/c18-16(19)12-7-13-17(14-8-3-1-4-9-14)15-10-5-2-6-11-15/h1,3-4,8-9,15H,2,5-7,10-13H2,(H,18,19). The van der Waals surface area contributed by atoms with Crippen LogP contribution in [0.3, 0.4) is 0 Å². The second-order valence-corrected chi connectivity index (χ2v) is 5.32. The molecule has 0 aliphatic heterocycles. The zero-order valence-electron chi connectivity index (χ0n) is 11.4. The molecule has 2 rings (SSSR count). The minimum absolute atomic E-state index is 0.260. The minimum Gasteiger partial charge on any atom is -0.481 e. The summed E-state index contributed by atoms with van der Waals surface area (Å²) in [7, 11) is 0. The summed E-state index contributed by atoms with van der Waals surface area (Å²) < 4.78 is 0. The largest absolute Gasteiger partial charge is 0.481 e. The van der Waals surface area contributed by atoms with Gasteiger partial charge < -0.3 is 10.0 Å². The third-order valence-corrected chi connectivity index (χ3v) is 3.89. The van der Waals surface area contributed by atoms with E-state index in [0.29, 0.717) is 6.04 Å². The van der Waals surface area contributed by atoms with Gasteiger partial charge in [-0.15, -0.1) is 0 Å². The average molecular weight is 261 g/mol. The van der Waals surface area contributed by atoms with Crippen molar-refractivity contribution < 1.29 is 9.90 Å². The molecule has 1 fully saturated rings. The number of carboxylic acid groups (broad SMARTS) is 1. The number of hydrogen-bond donors (Lipinski definition) is 1. The minimum atomic E-state index is -0.698. The van der Waals surface area contributed by atoms with Crippen molar-refractivity contribution in [2.24, 2.45) is 0 Å². The second-order valence-electron chi connectivity index (χ2n) is 5.32. The Morgan fingerprint density at radius 1 is 1.16 bits per heavy atom. The van der Waals surface area contributed by atoms with Crippen molar-refractivity contribution in [3.63, 3.8) is 0 Å². The Balaban J connectivity index is 2.01. The number of carbonyl (C=O) groups is 1. The average Bonchev–Trinajstić information content (AvgIpc) is 2.45. The number of aliphatic carboxylic acids is 1. The number of hydrogen-bond acceptors (Lipinski definition) is 2. The SMILES string of the molecule is O=C(O)CCCN(c1ccccc1)C1CCCCC1. The van der Waals surface area contributed by atoms with Gasteiger partial charge in [0.25, 0.3) is 0 Å². The van der Waals surface area contributed by atoms with Crippen LogP contribution in [0.5, 0.6) is 0 Å². The monoisotopic (exact) mass is 261 g/mol. The smallest absolute Gasteiger partial charge is 0.303 e. The van der Waals surface area contributed by atoms with Gasteiger partial charge in [0.1, 0.15) is 0 Å². The first-order valence-electron chi connectivity index (χ1n) is 7.31. The van der Waals surface area contributed by atoms with E-state index in [1.165, 1.54) is 37.8 Å². The highest BCUT2D eigenvalue weighted by atomic mass is 16.4. The molecule has 104 valence electrons. The Labute approximate surface area is 115 Å². The molecule has 0 amide bonds. The molecule has 3 heteroatoms. The van der Waals surface area contributed by atoms with Gasteiger partial charge in [0, 0.05) is 24.7 Å². The van der Waals surface area contributed by atoms with Crippen LogP contribution in [0.4, 0.5) is 5.69 Å². The molecule has 0 heterocycles. The predicted octanol–water partition coefficient (Wildman–Crippen LogP) is 3.69. The molecule has 0 bridgehead atoms. The molecule has 0 spiro atoms. The van der Waals surface area contributed by atoms with Crippen LogP contribution in [0.15, 0.2) is 30.3 Å². The van der Waals surface area contributed by atoms with E-state index in [2.05, 4.69) is 29.2 Å². The Bertz CT molecular complexity index is 385. The van der Waals surface area contributed by atoms with E-state index < -0.39 is 5.97 Å². The Morgan fingerprint density at radius 2 is 1.84 bits per heavy atom. The van der Waals surface area contributed by atoms with Gasteiger partial charge >= 0.3 is 5.97 Å². The molecule has 1 aromatic carbocycles. The summed E-state index contributed by atoms with van der Waals surface area (Å²) in [6, 6.07) is 11.0. The summed E-state index contributed by atoms with van der Waals surface area (Å²) in [6.45, 7) is 0.848. The van der Waals surface area contributed by atoms with Crippen LogP contribution in [-0.4, -0.2) is 23.7 Å². The number of carboxylic acids is 1. The lowest BCUT2D eigenvalue weighted by molar-refractivity contribution is -0.137. The van der Waals surface area contributed by atoms with E-state index in [1.54, 1.807) is 0 Å². The first kappa shape index (κ1) is 13.9. The van der Waals surface area contributed by atoms with Crippen molar-refractivity contribution in [1.29, 1.82) is 0 Å². The van der Waals surface area contributed by atoms with Crippen LogP contribution >= 0.6 is 0 Å². The number of rotatable bonds is 6. The highest BCUT2D eigenvalue weighted by molar-refractivity contribution is 5.66. The van der Waals surface area contributed by atoms with Crippen molar-refractivity contribution in [2.45, 2.75) is 51.0 Å². The molecule has 1 aliphatic carbocycles. The maximum absolute atomic E-state index is 10.7. The van der Waals surface area contributed by atoms with Crippen molar-refractivity contribution in [3.8, 4) is 0 Å². The number of nitrogens with zero attached hydrogens (tertiary/aromatic N) is 1. The van der Waals surface area contributed by atoms with E-state index in [4.69, 9.17) is 5.11 Å². The first-order chi connectivity index (χ1) is 9.27. The van der Waals surface area contributed by atoms with Gasteiger partial charge in [-0.2, -0.15) is 0 Å². The lowest BCUT2D eigenvalue weighted by Gasteiger charge is -2.36. The summed E-state index contributed by atoms with van der Waals surface area (Å²) in [5.41, 5.74) is 1.24. The molecule has 0 radical (unpaired) electrons. The quantitative estimate of drug-likeness (QED) is 0.849. The van der Waals surface area contributed by atoms with Crippen LogP contribution in [0.2, 0.25) is 0 Å². The van der Waals surface area contributed by atoms with Crippen LogP contribution in [0, 0.1) is 0 Å². The van der Waals surface area contributed by atoms with Crippen molar-refractivity contribution in [1.82, 2.24) is 0 Å². The molecule has 1 aliphatic rings. The molecule has 0 atom stereocenters. The highest BCUT2D eigenvalue weighted by Crippen LogP contribution is 2.27. The number of anilines is 1. The maximum atomic E-state index is 10.7. The highest BCUT2D eigenvalue weighted by Gasteiger charge is 2.21. The fourth-order valence-electron chi connectivity index (χ4n) is 2.94. The molecule has 0 aromatic heterocycles. The number of benzene rings is 1. The summed E-state index contributed by atoms with van der Waals surface area (Å²) in [5.74, 6) is -0.698. The van der Waals surface area contributed by atoms with Gasteiger partial charge in [-0.3, -0.25) is 4.79 Å². The van der Waals surface area contributed by atoms with Crippen molar-refractivity contribution in [3.05, 3.63) is 30.3 Å². The molecule has 1 N–H and O–H groups in total. The van der Waals surface area contributed by atoms with Gasteiger partial charge in [-0.1, -0.05) is 37.5 Å².